The van der Waals surface area contributed by atoms with Crippen molar-refractivity contribution in [3.63, 3.8) is 0 Å². The Hall–Kier alpha value is -1.26. The van der Waals surface area contributed by atoms with Gasteiger partial charge in [-0.2, -0.15) is 0 Å². The molecular weight excluding hydrogens is 271 g/mol. The SMILES string of the molecule is CCCc1c(Cl)nc(-c2ncc(C)cn2)nc1Cl. The Morgan fingerprint density at radius 2 is 1.56 bits per heavy atom. The standard InChI is InChI=1S/C12H12Cl2N4/c1-3-4-8-9(13)17-12(18-10(8)14)11-15-5-7(2)6-16-11/h5-6H,3-4H2,1-2H3. The molecule has 0 aliphatic rings. The summed E-state index contributed by atoms with van der Waals surface area (Å²) in [5.74, 6) is 0.775. The van der Waals surface area contributed by atoms with Crippen molar-refractivity contribution in [2.24, 2.45) is 0 Å². The van der Waals surface area contributed by atoms with E-state index < -0.39 is 0 Å². The molecule has 6 heteroatoms. The number of halogens is 2. The van der Waals surface area contributed by atoms with E-state index >= 15 is 0 Å². The summed E-state index contributed by atoms with van der Waals surface area (Å²) in [4.78, 5) is 16.7. The molecular formula is C12H12Cl2N4. The van der Waals surface area contributed by atoms with Crippen LogP contribution in [0.1, 0.15) is 24.5 Å². The average Bonchev–Trinajstić information content (AvgIpc) is 2.34. The van der Waals surface area contributed by atoms with Gasteiger partial charge in [0.15, 0.2) is 5.82 Å². The van der Waals surface area contributed by atoms with E-state index in [-0.39, 0.29) is 0 Å². The first-order chi connectivity index (χ1) is 8.61. The van der Waals surface area contributed by atoms with Crippen molar-refractivity contribution in [1.29, 1.82) is 0 Å². The zero-order valence-electron chi connectivity index (χ0n) is 10.1. The molecule has 18 heavy (non-hydrogen) atoms. The van der Waals surface area contributed by atoms with Gasteiger partial charge in [-0.15, -0.1) is 0 Å². The maximum Gasteiger partial charge on any atom is 0.200 e. The quantitative estimate of drug-likeness (QED) is 0.809. The lowest BCUT2D eigenvalue weighted by Gasteiger charge is -2.06. The van der Waals surface area contributed by atoms with Gasteiger partial charge in [-0.3, -0.25) is 0 Å². The lowest BCUT2D eigenvalue weighted by Crippen LogP contribution is -2.00. The summed E-state index contributed by atoms with van der Waals surface area (Å²) in [5.41, 5.74) is 1.75. The van der Waals surface area contributed by atoms with Gasteiger partial charge in [0.1, 0.15) is 10.3 Å². The number of aryl methyl sites for hydroxylation is 1. The second-order valence-electron chi connectivity index (χ2n) is 3.94. The van der Waals surface area contributed by atoms with E-state index in [1.54, 1.807) is 12.4 Å². The lowest BCUT2D eigenvalue weighted by atomic mass is 10.2. The monoisotopic (exact) mass is 282 g/mol. The first-order valence-corrected chi connectivity index (χ1v) is 6.38. The molecule has 2 aromatic rings. The fraction of sp³-hybridized carbons (Fsp3) is 0.333. The maximum atomic E-state index is 6.10. The second kappa shape index (κ2) is 5.59. The summed E-state index contributed by atoms with van der Waals surface area (Å²) in [6.07, 6.45) is 5.09. The van der Waals surface area contributed by atoms with E-state index in [4.69, 9.17) is 23.2 Å². The zero-order chi connectivity index (χ0) is 13.1. The third-order valence-corrected chi connectivity index (χ3v) is 3.01. The Morgan fingerprint density at radius 3 is 2.06 bits per heavy atom. The third kappa shape index (κ3) is 2.76. The van der Waals surface area contributed by atoms with Crippen LogP contribution in [0.15, 0.2) is 12.4 Å². The molecule has 94 valence electrons. The summed E-state index contributed by atoms with van der Waals surface area (Å²) >= 11 is 12.2. The molecule has 2 rings (SSSR count). The van der Waals surface area contributed by atoms with Gasteiger partial charge >= 0.3 is 0 Å². The Labute approximate surface area is 115 Å². The Kier molecular flexibility index (Phi) is 4.09. The Morgan fingerprint density at radius 1 is 1.00 bits per heavy atom. The predicted octanol–water partition coefficient (Wildman–Crippen LogP) is 3.50. The number of hydrogen-bond donors (Lipinski definition) is 0. The smallest absolute Gasteiger partial charge is 0.200 e. The minimum atomic E-state index is 0.352. The third-order valence-electron chi connectivity index (χ3n) is 2.39. The van der Waals surface area contributed by atoms with Gasteiger partial charge in [-0.1, -0.05) is 36.5 Å². The molecule has 0 saturated carbocycles. The van der Waals surface area contributed by atoms with E-state index in [1.165, 1.54) is 0 Å². The van der Waals surface area contributed by atoms with E-state index in [2.05, 4.69) is 19.9 Å². The molecule has 2 aromatic heterocycles. The minimum Gasteiger partial charge on any atom is -0.234 e. The van der Waals surface area contributed by atoms with Crippen LogP contribution < -0.4 is 0 Å². The van der Waals surface area contributed by atoms with Gasteiger partial charge in [-0.05, 0) is 18.9 Å². The molecule has 0 unspecified atom stereocenters. The van der Waals surface area contributed by atoms with Crippen molar-refractivity contribution in [3.05, 3.63) is 33.8 Å². The molecule has 0 spiro atoms. The molecule has 0 N–H and O–H groups in total. The topological polar surface area (TPSA) is 51.6 Å². The minimum absolute atomic E-state index is 0.352. The maximum absolute atomic E-state index is 6.10. The van der Waals surface area contributed by atoms with Gasteiger partial charge in [-0.25, -0.2) is 19.9 Å². The van der Waals surface area contributed by atoms with Crippen molar-refractivity contribution in [2.75, 3.05) is 0 Å². The normalized spacial score (nSPS) is 10.7. The molecule has 0 atom stereocenters. The van der Waals surface area contributed by atoms with Gasteiger partial charge < -0.3 is 0 Å². The van der Waals surface area contributed by atoms with Crippen molar-refractivity contribution >= 4 is 23.2 Å². The fourth-order valence-corrected chi connectivity index (χ4v) is 2.07. The molecule has 0 aliphatic heterocycles. The van der Waals surface area contributed by atoms with Crippen LogP contribution in [0.4, 0.5) is 0 Å². The van der Waals surface area contributed by atoms with Gasteiger partial charge in [0.05, 0.1) is 0 Å². The summed E-state index contributed by atoms with van der Waals surface area (Å²) < 4.78 is 0. The van der Waals surface area contributed by atoms with Crippen molar-refractivity contribution in [2.45, 2.75) is 26.7 Å². The van der Waals surface area contributed by atoms with Crippen LogP contribution >= 0.6 is 23.2 Å². The fourth-order valence-electron chi connectivity index (χ4n) is 1.50. The van der Waals surface area contributed by atoms with Gasteiger partial charge in [0.25, 0.3) is 0 Å². The van der Waals surface area contributed by atoms with E-state index in [9.17, 15) is 0 Å². The highest BCUT2D eigenvalue weighted by Gasteiger charge is 2.13. The summed E-state index contributed by atoms with van der Waals surface area (Å²) in [7, 11) is 0. The van der Waals surface area contributed by atoms with Crippen LogP contribution in [0, 0.1) is 6.92 Å². The Bertz CT molecular complexity index is 531. The first kappa shape index (κ1) is 13.2. The first-order valence-electron chi connectivity index (χ1n) is 5.62. The van der Waals surface area contributed by atoms with Crippen LogP contribution in [0.5, 0.6) is 0 Å². The van der Waals surface area contributed by atoms with Crippen molar-refractivity contribution < 1.29 is 0 Å². The van der Waals surface area contributed by atoms with E-state index in [0.29, 0.717) is 22.0 Å². The molecule has 0 aliphatic carbocycles. The summed E-state index contributed by atoms with van der Waals surface area (Å²) in [6.45, 7) is 3.96. The largest absolute Gasteiger partial charge is 0.234 e. The molecule has 2 heterocycles. The Balaban J connectivity index is 2.44. The van der Waals surface area contributed by atoms with E-state index in [0.717, 1.165) is 24.0 Å². The van der Waals surface area contributed by atoms with Gasteiger partial charge in [0, 0.05) is 18.0 Å². The van der Waals surface area contributed by atoms with Crippen LogP contribution in [0.3, 0.4) is 0 Å². The van der Waals surface area contributed by atoms with Crippen molar-refractivity contribution in [1.82, 2.24) is 19.9 Å². The highest BCUT2D eigenvalue weighted by molar-refractivity contribution is 6.34. The molecule has 0 fully saturated rings. The predicted molar refractivity (Wildman–Crippen MR) is 71.8 cm³/mol. The van der Waals surface area contributed by atoms with Crippen molar-refractivity contribution in [3.8, 4) is 11.6 Å². The van der Waals surface area contributed by atoms with Crippen LogP contribution in [0.2, 0.25) is 10.3 Å². The van der Waals surface area contributed by atoms with E-state index in [1.807, 2.05) is 13.8 Å². The summed E-state index contributed by atoms with van der Waals surface area (Å²) in [5, 5.41) is 0.743. The number of nitrogens with zero attached hydrogens (tertiary/aromatic N) is 4. The highest BCUT2D eigenvalue weighted by atomic mass is 35.5. The zero-order valence-corrected chi connectivity index (χ0v) is 11.6. The van der Waals surface area contributed by atoms with Crippen LogP contribution in [0.25, 0.3) is 11.6 Å². The lowest BCUT2D eigenvalue weighted by molar-refractivity contribution is 0.900. The number of rotatable bonds is 3. The molecule has 0 amide bonds. The summed E-state index contributed by atoms with van der Waals surface area (Å²) in [6, 6.07) is 0. The molecule has 0 aromatic carbocycles. The average molecular weight is 283 g/mol. The van der Waals surface area contributed by atoms with Gasteiger partial charge in [0.2, 0.25) is 5.82 Å². The van der Waals surface area contributed by atoms with Crippen LogP contribution in [-0.4, -0.2) is 19.9 Å². The van der Waals surface area contributed by atoms with Crippen LogP contribution in [-0.2, 0) is 6.42 Å². The molecule has 0 bridgehead atoms. The molecule has 0 saturated heterocycles. The highest BCUT2D eigenvalue weighted by Crippen LogP contribution is 2.25. The molecule has 0 radical (unpaired) electrons. The second-order valence-corrected chi connectivity index (χ2v) is 4.66. The number of aromatic nitrogens is 4. The number of hydrogen-bond acceptors (Lipinski definition) is 4. The molecule has 4 nitrogen and oxygen atoms in total.